The zero-order chi connectivity index (χ0) is 20.0. The molecule has 0 aliphatic carbocycles. The molecule has 6 nitrogen and oxygen atoms in total. The van der Waals surface area contributed by atoms with Gasteiger partial charge >= 0.3 is 0 Å². The van der Waals surface area contributed by atoms with E-state index in [0.29, 0.717) is 5.56 Å². The Labute approximate surface area is 168 Å². The van der Waals surface area contributed by atoms with Crippen molar-refractivity contribution in [1.29, 1.82) is 0 Å². The van der Waals surface area contributed by atoms with E-state index in [4.69, 9.17) is 0 Å². The number of aromatic nitrogens is 3. The summed E-state index contributed by atoms with van der Waals surface area (Å²) in [6.45, 7) is 0.775. The summed E-state index contributed by atoms with van der Waals surface area (Å²) in [4.78, 5) is 18.9. The Kier molecular flexibility index (Phi) is 4.20. The molecule has 148 valence electrons. The zero-order valence-electron chi connectivity index (χ0n) is 16.2. The van der Waals surface area contributed by atoms with Gasteiger partial charge in [0.05, 0.1) is 17.4 Å². The zero-order valence-corrected chi connectivity index (χ0v) is 16.2. The molecule has 0 radical (unpaired) electrons. The van der Waals surface area contributed by atoms with Gasteiger partial charge in [0.2, 0.25) is 5.91 Å². The van der Waals surface area contributed by atoms with Gasteiger partial charge < -0.3 is 4.90 Å². The topological polar surface area (TPSA) is 63.1 Å². The molecule has 1 spiro atoms. The van der Waals surface area contributed by atoms with Crippen LogP contribution in [0.4, 0.5) is 4.39 Å². The van der Waals surface area contributed by atoms with Crippen molar-refractivity contribution in [2.24, 2.45) is 0 Å². The van der Waals surface area contributed by atoms with E-state index in [1.54, 1.807) is 34.1 Å². The van der Waals surface area contributed by atoms with Gasteiger partial charge in [-0.2, -0.15) is 5.10 Å². The quantitative estimate of drug-likeness (QED) is 0.745. The number of amides is 1. The minimum Gasteiger partial charge on any atom is -0.344 e. The van der Waals surface area contributed by atoms with Crippen molar-refractivity contribution in [3.8, 4) is 16.8 Å². The van der Waals surface area contributed by atoms with E-state index in [9.17, 15) is 9.18 Å². The van der Waals surface area contributed by atoms with Crippen molar-refractivity contribution in [3.05, 3.63) is 66.5 Å². The average molecular weight is 391 g/mol. The van der Waals surface area contributed by atoms with Gasteiger partial charge in [-0.15, -0.1) is 0 Å². The smallest absolute Gasteiger partial charge is 0.242 e. The molecule has 4 heterocycles. The first-order valence-electron chi connectivity index (χ1n) is 9.85. The van der Waals surface area contributed by atoms with Gasteiger partial charge in [-0.05, 0) is 61.2 Å². The number of pyridine rings is 1. The van der Waals surface area contributed by atoms with Gasteiger partial charge in [0.15, 0.2) is 0 Å². The number of nitrogens with one attached hydrogen (secondary N) is 1. The summed E-state index contributed by atoms with van der Waals surface area (Å²) in [6.07, 6.45) is 7.68. The number of hydrogen-bond acceptors (Lipinski definition) is 4. The Balaban J connectivity index is 1.46. The Hall–Kier alpha value is -3.06. The second kappa shape index (κ2) is 6.77. The third kappa shape index (κ3) is 3.02. The minimum atomic E-state index is -0.470. The molecule has 2 fully saturated rings. The molecule has 2 saturated heterocycles. The molecule has 0 saturated carbocycles. The van der Waals surface area contributed by atoms with Crippen LogP contribution >= 0.6 is 0 Å². The van der Waals surface area contributed by atoms with Gasteiger partial charge in [-0.25, -0.2) is 9.07 Å². The van der Waals surface area contributed by atoms with Crippen LogP contribution < -0.4 is 5.32 Å². The van der Waals surface area contributed by atoms with Crippen LogP contribution in [0.5, 0.6) is 0 Å². The maximum Gasteiger partial charge on any atom is 0.242 e. The van der Waals surface area contributed by atoms with Crippen LogP contribution in [0.25, 0.3) is 16.8 Å². The lowest BCUT2D eigenvalue weighted by Gasteiger charge is -2.23. The van der Waals surface area contributed by atoms with Crippen LogP contribution in [0, 0.1) is 5.82 Å². The number of nitrogens with zero attached hydrogens (tertiary/aromatic N) is 4. The Morgan fingerprint density at radius 2 is 2.10 bits per heavy atom. The summed E-state index contributed by atoms with van der Waals surface area (Å²) in [5.41, 5.74) is 2.43. The van der Waals surface area contributed by atoms with E-state index in [2.05, 4.69) is 15.4 Å². The van der Waals surface area contributed by atoms with E-state index < -0.39 is 5.54 Å². The van der Waals surface area contributed by atoms with Crippen LogP contribution in [-0.4, -0.2) is 44.7 Å². The highest BCUT2D eigenvalue weighted by atomic mass is 19.1. The largest absolute Gasteiger partial charge is 0.344 e. The minimum absolute atomic E-state index is 0.0113. The third-order valence-electron chi connectivity index (χ3n) is 6.11. The highest BCUT2D eigenvalue weighted by Gasteiger charge is 2.50. The van der Waals surface area contributed by atoms with E-state index >= 15 is 0 Å². The lowest BCUT2D eigenvalue weighted by molar-refractivity contribution is -0.131. The number of carbonyl (C=O) groups excluding carboxylic acids is 1. The maximum absolute atomic E-state index is 14.6. The number of likely N-dealkylation sites (tertiary alicyclic amines) is 1. The molecular formula is C22H22FN5O. The molecule has 0 unspecified atom stereocenters. The Morgan fingerprint density at radius 3 is 2.86 bits per heavy atom. The maximum atomic E-state index is 14.6. The molecule has 2 atom stereocenters. The van der Waals surface area contributed by atoms with Crippen LogP contribution in [0.3, 0.4) is 0 Å². The highest BCUT2D eigenvalue weighted by molar-refractivity contribution is 5.88. The van der Waals surface area contributed by atoms with Gasteiger partial charge in [-0.1, -0.05) is 0 Å². The summed E-state index contributed by atoms with van der Waals surface area (Å²) >= 11 is 0. The number of hydrogen-bond donors (Lipinski definition) is 1. The molecule has 2 aromatic heterocycles. The Morgan fingerprint density at radius 1 is 1.21 bits per heavy atom. The van der Waals surface area contributed by atoms with Gasteiger partial charge in [0.25, 0.3) is 0 Å². The molecule has 1 aromatic carbocycles. The van der Waals surface area contributed by atoms with Gasteiger partial charge in [0.1, 0.15) is 11.4 Å². The molecule has 7 heteroatoms. The fourth-order valence-electron chi connectivity index (χ4n) is 4.49. The van der Waals surface area contributed by atoms with Crippen LogP contribution in [-0.2, 0) is 4.79 Å². The lowest BCUT2D eigenvalue weighted by atomic mass is 9.96. The summed E-state index contributed by atoms with van der Waals surface area (Å²) < 4.78 is 16.3. The number of rotatable bonds is 3. The predicted octanol–water partition coefficient (Wildman–Crippen LogP) is 3.10. The predicted molar refractivity (Wildman–Crippen MR) is 107 cm³/mol. The summed E-state index contributed by atoms with van der Waals surface area (Å²) in [5, 5.41) is 7.75. The monoisotopic (exact) mass is 391 g/mol. The lowest BCUT2D eigenvalue weighted by Crippen LogP contribution is -2.47. The number of benzene rings is 1. The molecule has 3 aromatic rings. The van der Waals surface area contributed by atoms with E-state index in [1.165, 1.54) is 6.07 Å². The summed E-state index contributed by atoms with van der Waals surface area (Å²) in [5.74, 6) is -0.129. The van der Waals surface area contributed by atoms with Crippen molar-refractivity contribution < 1.29 is 9.18 Å². The fraction of sp³-hybridized carbons (Fsp3) is 0.318. The van der Waals surface area contributed by atoms with Crippen LogP contribution in [0.2, 0.25) is 0 Å². The van der Waals surface area contributed by atoms with E-state index in [-0.39, 0.29) is 17.8 Å². The first kappa shape index (κ1) is 18.0. The number of carbonyl (C=O) groups is 1. The standard InChI is InChI=1S/C22H22FN5O/c1-27-12-8-22(21(27)29)7-5-19(26-22)20-13-15(6-10-24-20)17-14-16(3-4-18(17)23)28-11-2-9-25-28/h2-4,6,9-11,13-14,19,26H,5,7-8,12H2,1H3/t19-,22+/m1/s1. The normalized spacial score (nSPS) is 24.0. The first-order valence-corrected chi connectivity index (χ1v) is 9.85. The molecule has 1 amide bonds. The van der Waals surface area contributed by atoms with Crippen LogP contribution in [0.1, 0.15) is 31.0 Å². The van der Waals surface area contributed by atoms with E-state index in [1.807, 2.05) is 31.4 Å². The molecular weight excluding hydrogens is 369 g/mol. The van der Waals surface area contributed by atoms with E-state index in [0.717, 1.165) is 42.8 Å². The summed E-state index contributed by atoms with van der Waals surface area (Å²) in [7, 11) is 1.85. The number of likely N-dealkylation sites (N-methyl/N-ethyl adjacent to an activating group) is 1. The average Bonchev–Trinajstić information content (AvgIpc) is 3.48. The SMILES string of the molecule is CN1CC[C@@]2(CC[C@H](c3cc(-c4cc(-n5cccn5)ccc4F)ccn3)N2)C1=O. The van der Waals surface area contributed by atoms with Gasteiger partial charge in [0, 0.05) is 37.7 Å². The molecule has 29 heavy (non-hydrogen) atoms. The van der Waals surface area contributed by atoms with Crippen molar-refractivity contribution in [2.45, 2.75) is 30.8 Å². The van der Waals surface area contributed by atoms with Crippen molar-refractivity contribution in [2.75, 3.05) is 13.6 Å². The van der Waals surface area contributed by atoms with Gasteiger partial charge in [-0.3, -0.25) is 15.1 Å². The van der Waals surface area contributed by atoms with Crippen molar-refractivity contribution in [3.63, 3.8) is 0 Å². The molecule has 2 aliphatic heterocycles. The number of halogens is 1. The molecule has 2 aliphatic rings. The molecule has 5 rings (SSSR count). The Bertz CT molecular complexity index is 1070. The van der Waals surface area contributed by atoms with Crippen LogP contribution in [0.15, 0.2) is 55.0 Å². The summed E-state index contributed by atoms with van der Waals surface area (Å²) in [6, 6.07) is 10.5. The fourth-order valence-corrected chi connectivity index (χ4v) is 4.49. The van der Waals surface area contributed by atoms with Crippen molar-refractivity contribution >= 4 is 5.91 Å². The third-order valence-corrected chi connectivity index (χ3v) is 6.11. The van der Waals surface area contributed by atoms with Crippen molar-refractivity contribution in [1.82, 2.24) is 25.0 Å². The second-order valence-electron chi connectivity index (χ2n) is 7.88. The molecule has 1 N–H and O–H groups in total. The highest BCUT2D eigenvalue weighted by Crippen LogP contribution is 2.39. The first-order chi connectivity index (χ1) is 14.1. The second-order valence-corrected chi connectivity index (χ2v) is 7.88. The molecule has 0 bridgehead atoms.